The van der Waals surface area contributed by atoms with E-state index in [0.717, 1.165) is 10.3 Å². The summed E-state index contributed by atoms with van der Waals surface area (Å²) >= 11 is 7.74. The summed E-state index contributed by atoms with van der Waals surface area (Å²) in [5.74, 6) is 0.420. The minimum Gasteiger partial charge on any atom is -0.494 e. The topological polar surface area (TPSA) is 76.6 Å². The van der Waals surface area contributed by atoms with Crippen LogP contribution in [0, 0.1) is 0 Å². The Kier molecular flexibility index (Phi) is 7.44. The van der Waals surface area contributed by atoms with Crippen LogP contribution in [-0.2, 0) is 27.6 Å². The van der Waals surface area contributed by atoms with E-state index in [4.69, 9.17) is 21.3 Å². The second-order valence-electron chi connectivity index (χ2n) is 8.30. The zero-order chi connectivity index (χ0) is 25.2. The fourth-order valence-electron chi connectivity index (χ4n) is 3.59. The lowest BCUT2D eigenvalue weighted by Crippen LogP contribution is -2.31. The molecule has 1 heterocycles. The van der Waals surface area contributed by atoms with Gasteiger partial charge in [-0.25, -0.2) is 13.4 Å². The number of sulfone groups is 1. The van der Waals surface area contributed by atoms with Gasteiger partial charge in [-0.05, 0) is 49.2 Å². The van der Waals surface area contributed by atoms with Gasteiger partial charge in [0.2, 0.25) is 5.91 Å². The molecule has 4 rings (SSSR count). The van der Waals surface area contributed by atoms with E-state index in [1.807, 2.05) is 30.3 Å². The number of hydrogen-bond acceptors (Lipinski definition) is 6. The van der Waals surface area contributed by atoms with Crippen molar-refractivity contribution in [1.82, 2.24) is 4.98 Å². The standard InChI is InChI=1S/C26H25ClN2O4S2/c1-17(2)35(31,32)20-11-9-18(10-12-20)15-23(30)29(16-19-7-5-4-6-8-19)26-28-24-22(33-3)14-13-21(27)25(24)34-26/h4-14,17H,15-16H2,1-3H3. The van der Waals surface area contributed by atoms with Crippen LogP contribution >= 0.6 is 22.9 Å². The average molecular weight is 529 g/mol. The van der Waals surface area contributed by atoms with Gasteiger partial charge in [-0.2, -0.15) is 0 Å². The fraction of sp³-hybridized carbons (Fsp3) is 0.231. The molecule has 6 nitrogen and oxygen atoms in total. The SMILES string of the molecule is COc1ccc(Cl)c2sc(N(Cc3ccccc3)C(=O)Cc3ccc(S(=O)(=O)C(C)C)cc3)nc12. The third-order valence-corrected chi connectivity index (χ3v) is 9.32. The van der Waals surface area contributed by atoms with Gasteiger partial charge in [0.15, 0.2) is 15.0 Å². The van der Waals surface area contributed by atoms with Crippen molar-refractivity contribution in [3.63, 3.8) is 0 Å². The molecule has 0 aliphatic heterocycles. The lowest BCUT2D eigenvalue weighted by atomic mass is 10.1. The first-order chi connectivity index (χ1) is 16.7. The number of benzene rings is 3. The number of methoxy groups -OCH3 is 1. The summed E-state index contributed by atoms with van der Waals surface area (Å²) < 4.78 is 31.0. The monoisotopic (exact) mass is 528 g/mol. The van der Waals surface area contributed by atoms with Gasteiger partial charge in [-0.3, -0.25) is 9.69 Å². The molecule has 0 saturated carbocycles. The predicted octanol–water partition coefficient (Wildman–Crippen LogP) is 5.92. The molecule has 182 valence electrons. The molecule has 1 aromatic heterocycles. The minimum atomic E-state index is -3.38. The van der Waals surface area contributed by atoms with E-state index in [1.54, 1.807) is 62.3 Å². The Bertz CT molecular complexity index is 1450. The first-order valence-corrected chi connectivity index (χ1v) is 13.7. The lowest BCUT2D eigenvalue weighted by Gasteiger charge is -2.20. The number of carbonyl (C=O) groups is 1. The molecule has 9 heteroatoms. The average Bonchev–Trinajstić information content (AvgIpc) is 3.30. The van der Waals surface area contributed by atoms with E-state index < -0.39 is 15.1 Å². The highest BCUT2D eigenvalue weighted by atomic mass is 35.5. The lowest BCUT2D eigenvalue weighted by molar-refractivity contribution is -0.118. The molecule has 0 radical (unpaired) electrons. The third-order valence-electron chi connectivity index (χ3n) is 5.61. The van der Waals surface area contributed by atoms with Crippen LogP contribution in [0.2, 0.25) is 5.02 Å². The quantitative estimate of drug-likeness (QED) is 0.284. The van der Waals surface area contributed by atoms with Crippen molar-refractivity contribution in [2.75, 3.05) is 12.0 Å². The van der Waals surface area contributed by atoms with Crippen molar-refractivity contribution in [2.24, 2.45) is 0 Å². The molecule has 0 aliphatic rings. The summed E-state index contributed by atoms with van der Waals surface area (Å²) in [5.41, 5.74) is 2.28. The molecule has 0 aliphatic carbocycles. The molecule has 4 aromatic rings. The number of hydrogen-bond donors (Lipinski definition) is 0. The van der Waals surface area contributed by atoms with Crippen molar-refractivity contribution in [3.8, 4) is 5.75 Å². The maximum atomic E-state index is 13.5. The molecule has 1 amide bonds. The summed E-state index contributed by atoms with van der Waals surface area (Å²) in [6.45, 7) is 3.63. The van der Waals surface area contributed by atoms with E-state index in [2.05, 4.69) is 0 Å². The van der Waals surface area contributed by atoms with Gasteiger partial charge in [-0.15, -0.1) is 0 Å². The van der Waals surface area contributed by atoms with Crippen LogP contribution in [0.25, 0.3) is 10.2 Å². The van der Waals surface area contributed by atoms with Crippen LogP contribution in [0.4, 0.5) is 5.13 Å². The van der Waals surface area contributed by atoms with Gasteiger partial charge in [0.1, 0.15) is 11.3 Å². The Morgan fingerprint density at radius 3 is 2.34 bits per heavy atom. The number of carbonyl (C=O) groups excluding carboxylic acids is 1. The van der Waals surface area contributed by atoms with Crippen molar-refractivity contribution < 1.29 is 17.9 Å². The van der Waals surface area contributed by atoms with E-state index in [0.29, 0.717) is 33.5 Å². The molecule has 35 heavy (non-hydrogen) atoms. The Balaban J connectivity index is 1.68. The number of aromatic nitrogens is 1. The first-order valence-electron chi connectivity index (χ1n) is 11.0. The second-order valence-corrected chi connectivity index (χ2v) is 12.2. The summed E-state index contributed by atoms with van der Waals surface area (Å²) in [7, 11) is -1.81. The van der Waals surface area contributed by atoms with Gasteiger partial charge in [0.25, 0.3) is 0 Å². The Hall–Kier alpha value is -2.94. The van der Waals surface area contributed by atoms with E-state index in [-0.39, 0.29) is 17.2 Å². The summed E-state index contributed by atoms with van der Waals surface area (Å²) in [6.07, 6.45) is 0.0929. The smallest absolute Gasteiger partial charge is 0.233 e. The molecular weight excluding hydrogens is 504 g/mol. The Morgan fingerprint density at radius 1 is 1.03 bits per heavy atom. The largest absolute Gasteiger partial charge is 0.494 e. The first kappa shape index (κ1) is 25.2. The van der Waals surface area contributed by atoms with Gasteiger partial charge < -0.3 is 4.74 Å². The number of nitrogens with zero attached hydrogens (tertiary/aromatic N) is 2. The zero-order valence-electron chi connectivity index (χ0n) is 19.6. The number of fused-ring (bicyclic) bond motifs is 1. The minimum absolute atomic E-state index is 0.0929. The molecule has 0 spiro atoms. The van der Waals surface area contributed by atoms with Crippen LogP contribution in [0.3, 0.4) is 0 Å². The number of ether oxygens (including phenoxy) is 1. The maximum absolute atomic E-state index is 13.5. The molecule has 0 N–H and O–H groups in total. The van der Waals surface area contributed by atoms with E-state index >= 15 is 0 Å². The number of anilines is 1. The van der Waals surface area contributed by atoms with Crippen LogP contribution in [0.5, 0.6) is 5.75 Å². The predicted molar refractivity (Wildman–Crippen MR) is 141 cm³/mol. The highest BCUT2D eigenvalue weighted by molar-refractivity contribution is 7.92. The van der Waals surface area contributed by atoms with Crippen LogP contribution in [0.1, 0.15) is 25.0 Å². The van der Waals surface area contributed by atoms with Crippen molar-refractivity contribution in [2.45, 2.75) is 37.0 Å². The van der Waals surface area contributed by atoms with Gasteiger partial charge in [-0.1, -0.05) is 65.4 Å². The van der Waals surface area contributed by atoms with Crippen molar-refractivity contribution in [1.29, 1.82) is 0 Å². The third kappa shape index (κ3) is 5.34. The van der Waals surface area contributed by atoms with E-state index in [1.165, 1.54) is 11.3 Å². The highest BCUT2D eigenvalue weighted by Gasteiger charge is 2.23. The molecule has 0 fully saturated rings. The van der Waals surface area contributed by atoms with Gasteiger partial charge in [0, 0.05) is 0 Å². The maximum Gasteiger partial charge on any atom is 0.233 e. The normalized spacial score (nSPS) is 11.7. The second kappa shape index (κ2) is 10.4. The van der Waals surface area contributed by atoms with Crippen molar-refractivity contribution >= 4 is 54.0 Å². The number of thiazole rings is 1. The molecule has 3 aromatic carbocycles. The number of amides is 1. The molecular formula is C26H25ClN2O4S2. The molecule has 0 bridgehead atoms. The number of rotatable bonds is 8. The molecule has 0 saturated heterocycles. The number of halogens is 1. The van der Waals surface area contributed by atoms with Crippen molar-refractivity contribution in [3.05, 3.63) is 82.9 Å². The molecule has 0 atom stereocenters. The fourth-order valence-corrected chi connectivity index (χ4v) is 5.92. The van der Waals surface area contributed by atoms with E-state index in [9.17, 15) is 13.2 Å². The van der Waals surface area contributed by atoms with Crippen LogP contribution in [0.15, 0.2) is 71.6 Å². The zero-order valence-corrected chi connectivity index (χ0v) is 22.0. The summed E-state index contributed by atoms with van der Waals surface area (Å²) in [4.78, 5) is 20.1. The van der Waals surface area contributed by atoms with Gasteiger partial charge in [0.05, 0.1) is 39.9 Å². The Labute approximate surface area is 214 Å². The molecule has 0 unspecified atom stereocenters. The summed E-state index contributed by atoms with van der Waals surface area (Å²) in [6, 6.07) is 19.7. The van der Waals surface area contributed by atoms with Gasteiger partial charge >= 0.3 is 0 Å². The summed E-state index contributed by atoms with van der Waals surface area (Å²) in [5, 5.41) is 0.539. The van der Waals surface area contributed by atoms with Crippen LogP contribution < -0.4 is 9.64 Å². The Morgan fingerprint density at radius 2 is 1.71 bits per heavy atom. The van der Waals surface area contributed by atoms with Crippen LogP contribution in [-0.4, -0.2) is 31.7 Å². The highest BCUT2D eigenvalue weighted by Crippen LogP contribution is 2.39.